The molecule has 2 aromatic heterocycles. The maximum atomic E-state index is 12.8. The molecule has 5 rings (SSSR count). The third-order valence-electron chi connectivity index (χ3n) is 5.79. The van der Waals surface area contributed by atoms with Crippen LogP contribution in [0.5, 0.6) is 17.2 Å². The van der Waals surface area contributed by atoms with Crippen molar-refractivity contribution in [2.75, 3.05) is 38.6 Å². The Morgan fingerprint density at radius 2 is 2.00 bits per heavy atom. The molecule has 1 fully saturated rings. The zero-order valence-corrected chi connectivity index (χ0v) is 17.9. The van der Waals surface area contributed by atoms with Gasteiger partial charge in [-0.05, 0) is 44.0 Å². The first-order valence-corrected chi connectivity index (χ1v) is 10.8. The van der Waals surface area contributed by atoms with Gasteiger partial charge in [0.25, 0.3) is 5.91 Å². The van der Waals surface area contributed by atoms with E-state index in [0.717, 1.165) is 23.9 Å². The van der Waals surface area contributed by atoms with Gasteiger partial charge in [-0.1, -0.05) is 0 Å². The molecule has 1 aromatic carbocycles. The number of ether oxygens (including phenoxy) is 3. The largest absolute Gasteiger partial charge is 0.486 e. The molecule has 2 aliphatic rings. The average molecular weight is 435 g/mol. The number of nitrogens with two attached hydrogens (primary N) is 1. The number of carbonyl (C=O) groups excluding carboxylic acids is 1. The molecule has 4 heterocycles. The van der Waals surface area contributed by atoms with Gasteiger partial charge in [-0.2, -0.15) is 0 Å². The molecule has 9 nitrogen and oxygen atoms in total. The quantitative estimate of drug-likeness (QED) is 0.665. The highest BCUT2D eigenvalue weighted by Gasteiger charge is 2.26. The number of nitrogen functional groups attached to an aromatic ring is 1. The van der Waals surface area contributed by atoms with Crippen molar-refractivity contribution >= 4 is 22.8 Å². The highest BCUT2D eigenvalue weighted by Crippen LogP contribution is 2.33. The van der Waals surface area contributed by atoms with Crippen LogP contribution in [-0.2, 0) is 4.79 Å². The molecule has 166 valence electrons. The van der Waals surface area contributed by atoms with Gasteiger partial charge in [0.2, 0.25) is 0 Å². The molecule has 9 heteroatoms. The molecule has 0 bridgehead atoms. The Bertz CT molecular complexity index is 1170. The van der Waals surface area contributed by atoms with Gasteiger partial charge < -0.3 is 24.8 Å². The zero-order valence-electron chi connectivity index (χ0n) is 17.9. The summed E-state index contributed by atoms with van der Waals surface area (Å²) in [7, 11) is 0. The first kappa shape index (κ1) is 20.3. The van der Waals surface area contributed by atoms with Crippen LogP contribution in [0.15, 0.2) is 30.3 Å². The Morgan fingerprint density at radius 1 is 1.16 bits per heavy atom. The molecule has 0 aliphatic carbocycles. The monoisotopic (exact) mass is 435 g/mol. The van der Waals surface area contributed by atoms with Crippen LogP contribution >= 0.6 is 0 Å². The van der Waals surface area contributed by atoms with Gasteiger partial charge in [0.15, 0.2) is 23.8 Å². The summed E-state index contributed by atoms with van der Waals surface area (Å²) in [6.45, 7) is 4.12. The SMILES string of the molecule is Cc1nc(N)c2ccc(C3CCCN(C(=O)COc4ccc5c(c4)OCCO5)C3)nc2n1. The van der Waals surface area contributed by atoms with Gasteiger partial charge in [0.05, 0.1) is 5.39 Å². The highest BCUT2D eigenvalue weighted by molar-refractivity contribution is 5.85. The van der Waals surface area contributed by atoms with E-state index in [1.54, 1.807) is 25.1 Å². The van der Waals surface area contributed by atoms with E-state index >= 15 is 0 Å². The highest BCUT2D eigenvalue weighted by atomic mass is 16.6. The fraction of sp³-hybridized carbons (Fsp3) is 0.391. The molecule has 0 saturated carbocycles. The fourth-order valence-electron chi connectivity index (χ4n) is 4.18. The third kappa shape index (κ3) is 4.10. The van der Waals surface area contributed by atoms with Crippen molar-refractivity contribution in [3.63, 3.8) is 0 Å². The number of aryl methyl sites for hydroxylation is 1. The van der Waals surface area contributed by atoms with Crippen molar-refractivity contribution in [2.24, 2.45) is 0 Å². The Morgan fingerprint density at radius 3 is 2.88 bits per heavy atom. The van der Waals surface area contributed by atoms with Crippen molar-refractivity contribution in [2.45, 2.75) is 25.7 Å². The van der Waals surface area contributed by atoms with Crippen molar-refractivity contribution < 1.29 is 19.0 Å². The second-order valence-corrected chi connectivity index (χ2v) is 8.04. The summed E-state index contributed by atoms with van der Waals surface area (Å²) in [5.41, 5.74) is 7.51. The summed E-state index contributed by atoms with van der Waals surface area (Å²) < 4.78 is 16.8. The standard InChI is InChI=1S/C23H25N5O4/c1-14-25-22(24)17-5-6-18(27-23(17)26-14)15-3-2-8-28(12-15)21(29)13-32-16-4-7-19-20(11-16)31-10-9-30-19/h4-7,11,15H,2-3,8-10,12-13H2,1H3,(H2,24,25,26,27). The lowest BCUT2D eigenvalue weighted by Gasteiger charge is -2.32. The molecule has 1 amide bonds. The summed E-state index contributed by atoms with van der Waals surface area (Å²) in [5, 5.41) is 0.746. The number of aromatic nitrogens is 3. The predicted molar refractivity (Wildman–Crippen MR) is 118 cm³/mol. The van der Waals surface area contributed by atoms with Crippen LogP contribution in [0, 0.1) is 6.92 Å². The van der Waals surface area contributed by atoms with Gasteiger partial charge in [0, 0.05) is 30.8 Å². The number of benzene rings is 1. The van der Waals surface area contributed by atoms with Crippen LogP contribution in [-0.4, -0.2) is 58.7 Å². The molecule has 2 N–H and O–H groups in total. The third-order valence-corrected chi connectivity index (χ3v) is 5.79. The summed E-state index contributed by atoms with van der Waals surface area (Å²) >= 11 is 0. The zero-order chi connectivity index (χ0) is 22.1. The first-order valence-electron chi connectivity index (χ1n) is 10.8. The molecule has 2 aliphatic heterocycles. The van der Waals surface area contributed by atoms with Crippen molar-refractivity contribution in [3.8, 4) is 17.2 Å². The van der Waals surface area contributed by atoms with E-state index in [9.17, 15) is 4.79 Å². The molecule has 0 spiro atoms. The number of hydrogen-bond acceptors (Lipinski definition) is 8. The molecule has 1 saturated heterocycles. The second-order valence-electron chi connectivity index (χ2n) is 8.04. The van der Waals surface area contributed by atoms with Gasteiger partial charge in [-0.25, -0.2) is 15.0 Å². The Kier molecular flexibility index (Phi) is 5.38. The van der Waals surface area contributed by atoms with Crippen LogP contribution in [0.4, 0.5) is 5.82 Å². The minimum Gasteiger partial charge on any atom is -0.486 e. The minimum absolute atomic E-state index is 0.0273. The maximum absolute atomic E-state index is 12.8. The van der Waals surface area contributed by atoms with E-state index < -0.39 is 0 Å². The molecule has 32 heavy (non-hydrogen) atoms. The number of amides is 1. The van der Waals surface area contributed by atoms with E-state index in [-0.39, 0.29) is 18.4 Å². The van der Waals surface area contributed by atoms with Gasteiger partial charge in [-0.3, -0.25) is 4.79 Å². The topological polar surface area (TPSA) is 113 Å². The second kappa shape index (κ2) is 8.49. The van der Waals surface area contributed by atoms with E-state index in [0.29, 0.717) is 60.8 Å². The maximum Gasteiger partial charge on any atom is 0.260 e. The molecule has 1 unspecified atom stereocenters. The number of likely N-dealkylation sites (tertiary alicyclic amines) is 1. The number of pyridine rings is 1. The number of hydrogen-bond donors (Lipinski definition) is 1. The Balaban J connectivity index is 1.24. The van der Waals surface area contributed by atoms with E-state index in [1.165, 1.54) is 0 Å². The fourth-order valence-corrected chi connectivity index (χ4v) is 4.18. The molecule has 0 radical (unpaired) electrons. The van der Waals surface area contributed by atoms with Crippen LogP contribution in [0.1, 0.15) is 30.3 Å². The summed E-state index contributed by atoms with van der Waals surface area (Å²) in [4.78, 5) is 28.0. The lowest BCUT2D eigenvalue weighted by atomic mass is 9.94. The van der Waals surface area contributed by atoms with Gasteiger partial charge >= 0.3 is 0 Å². The van der Waals surface area contributed by atoms with Crippen molar-refractivity contribution in [1.82, 2.24) is 19.9 Å². The number of nitrogens with zero attached hydrogens (tertiary/aromatic N) is 4. The number of carbonyl (C=O) groups is 1. The number of anilines is 1. The lowest BCUT2D eigenvalue weighted by molar-refractivity contribution is -0.134. The van der Waals surface area contributed by atoms with E-state index in [1.807, 2.05) is 17.0 Å². The Hall–Kier alpha value is -3.62. The van der Waals surface area contributed by atoms with Crippen LogP contribution in [0.3, 0.4) is 0 Å². The lowest BCUT2D eigenvalue weighted by Crippen LogP contribution is -2.41. The normalized spacial score (nSPS) is 17.9. The first-order chi connectivity index (χ1) is 15.6. The smallest absolute Gasteiger partial charge is 0.260 e. The minimum atomic E-state index is -0.0483. The number of fused-ring (bicyclic) bond motifs is 2. The summed E-state index contributed by atoms with van der Waals surface area (Å²) in [6, 6.07) is 9.22. The number of rotatable bonds is 4. The van der Waals surface area contributed by atoms with Gasteiger partial charge in [-0.15, -0.1) is 0 Å². The average Bonchev–Trinajstić information content (AvgIpc) is 2.82. The Labute approximate surface area is 185 Å². The van der Waals surface area contributed by atoms with E-state index in [2.05, 4.69) is 9.97 Å². The summed E-state index contributed by atoms with van der Waals surface area (Å²) in [6.07, 6.45) is 1.87. The van der Waals surface area contributed by atoms with Crippen LogP contribution < -0.4 is 19.9 Å². The van der Waals surface area contributed by atoms with Gasteiger partial charge in [0.1, 0.15) is 30.6 Å². The van der Waals surface area contributed by atoms with Crippen LogP contribution in [0.2, 0.25) is 0 Å². The van der Waals surface area contributed by atoms with Crippen LogP contribution in [0.25, 0.3) is 11.0 Å². The van der Waals surface area contributed by atoms with E-state index in [4.69, 9.17) is 24.9 Å². The van der Waals surface area contributed by atoms with Crippen molar-refractivity contribution in [3.05, 3.63) is 41.9 Å². The van der Waals surface area contributed by atoms with Crippen molar-refractivity contribution in [1.29, 1.82) is 0 Å². The molecule has 3 aromatic rings. The summed E-state index contributed by atoms with van der Waals surface area (Å²) in [5.74, 6) is 3.04. The predicted octanol–water partition coefficient (Wildman–Crippen LogP) is 2.47. The number of piperidine rings is 1. The molecular formula is C23H25N5O4. The molecular weight excluding hydrogens is 410 g/mol. The molecule has 1 atom stereocenters.